The molecule has 2 aliphatic carbocycles. The van der Waals surface area contributed by atoms with Crippen LogP contribution in [0.15, 0.2) is 69.7 Å². The maximum Gasteiger partial charge on any atom is 0.128 e. The van der Waals surface area contributed by atoms with Crippen LogP contribution in [0.3, 0.4) is 0 Å². The molecule has 4 aliphatic rings. The molecular formula is C26H25N5. The second-order valence-corrected chi connectivity index (χ2v) is 8.44. The van der Waals surface area contributed by atoms with Gasteiger partial charge in [0.1, 0.15) is 11.7 Å². The third-order valence-electron chi connectivity index (χ3n) is 6.39. The van der Waals surface area contributed by atoms with E-state index >= 15 is 0 Å². The van der Waals surface area contributed by atoms with E-state index in [0.717, 1.165) is 67.5 Å². The Balaban J connectivity index is 1.18. The standard InChI is InChI=1S/C26H25N5/c27-24-18(13-22-15-20(5-6-23(22)24)26-30-9-10-31-26)2-1-16-11-17-3-4-19(14-21(17)12-16)25-28-7-8-29-25/h1-6,11,14-15H,7-10,12-13,27H2,(H,28,29)(H,30,31)/b2-1+. The van der Waals surface area contributed by atoms with Gasteiger partial charge in [0.2, 0.25) is 0 Å². The molecular weight excluding hydrogens is 382 g/mol. The summed E-state index contributed by atoms with van der Waals surface area (Å²) in [6, 6.07) is 13.1. The molecule has 5 heteroatoms. The van der Waals surface area contributed by atoms with E-state index in [1.54, 1.807) is 0 Å². The minimum Gasteiger partial charge on any atom is -0.398 e. The lowest BCUT2D eigenvalue weighted by atomic mass is 10.0. The van der Waals surface area contributed by atoms with Gasteiger partial charge in [0.15, 0.2) is 0 Å². The first-order valence-corrected chi connectivity index (χ1v) is 11.0. The molecule has 0 spiro atoms. The number of fused-ring (bicyclic) bond motifs is 2. The molecule has 2 aromatic carbocycles. The number of hydrogen-bond acceptors (Lipinski definition) is 5. The third-order valence-corrected chi connectivity index (χ3v) is 6.39. The topological polar surface area (TPSA) is 74.8 Å². The first-order chi connectivity index (χ1) is 15.2. The van der Waals surface area contributed by atoms with Gasteiger partial charge in [-0.25, -0.2) is 0 Å². The fraction of sp³-hybridized carbons (Fsp3) is 0.231. The van der Waals surface area contributed by atoms with Crippen LogP contribution in [0.5, 0.6) is 0 Å². The quantitative estimate of drug-likeness (QED) is 0.730. The van der Waals surface area contributed by atoms with Gasteiger partial charge in [0, 0.05) is 41.9 Å². The summed E-state index contributed by atoms with van der Waals surface area (Å²) in [7, 11) is 0. The molecule has 0 saturated carbocycles. The summed E-state index contributed by atoms with van der Waals surface area (Å²) in [5.41, 5.74) is 17.3. The van der Waals surface area contributed by atoms with Gasteiger partial charge in [0.25, 0.3) is 0 Å². The molecule has 0 unspecified atom stereocenters. The summed E-state index contributed by atoms with van der Waals surface area (Å²) in [5.74, 6) is 2.02. The molecule has 0 saturated heterocycles. The van der Waals surface area contributed by atoms with Crippen molar-refractivity contribution in [1.82, 2.24) is 10.6 Å². The molecule has 2 heterocycles. The first-order valence-electron chi connectivity index (χ1n) is 11.0. The van der Waals surface area contributed by atoms with Crippen molar-refractivity contribution in [3.8, 4) is 0 Å². The average molecular weight is 408 g/mol. The average Bonchev–Trinajstić information content (AvgIpc) is 3.59. The van der Waals surface area contributed by atoms with E-state index in [9.17, 15) is 0 Å². The molecule has 0 aromatic heterocycles. The van der Waals surface area contributed by atoms with E-state index in [1.807, 2.05) is 0 Å². The van der Waals surface area contributed by atoms with Gasteiger partial charge in [-0.2, -0.15) is 0 Å². The maximum absolute atomic E-state index is 6.50. The smallest absolute Gasteiger partial charge is 0.128 e. The number of rotatable bonds is 4. The third kappa shape index (κ3) is 3.26. The summed E-state index contributed by atoms with van der Waals surface area (Å²) in [4.78, 5) is 9.08. The molecule has 0 bridgehead atoms. The number of aliphatic imine (C=N–C) groups is 2. The van der Waals surface area contributed by atoms with Crippen molar-refractivity contribution < 1.29 is 0 Å². The zero-order valence-electron chi connectivity index (χ0n) is 17.4. The zero-order chi connectivity index (χ0) is 20.8. The second kappa shape index (κ2) is 7.27. The normalized spacial score (nSPS) is 19.2. The molecule has 0 radical (unpaired) electrons. The second-order valence-electron chi connectivity index (χ2n) is 8.44. The van der Waals surface area contributed by atoms with Crippen LogP contribution in [0.1, 0.15) is 33.4 Å². The minimum absolute atomic E-state index is 0.852. The van der Waals surface area contributed by atoms with Crippen LogP contribution in [0.4, 0.5) is 0 Å². The van der Waals surface area contributed by atoms with E-state index in [1.165, 1.54) is 33.4 Å². The van der Waals surface area contributed by atoms with Gasteiger partial charge in [-0.05, 0) is 46.4 Å². The van der Waals surface area contributed by atoms with E-state index in [4.69, 9.17) is 5.73 Å². The van der Waals surface area contributed by atoms with Crippen molar-refractivity contribution in [2.75, 3.05) is 26.2 Å². The molecule has 2 aromatic rings. The Labute approximate surface area is 182 Å². The lowest BCUT2D eigenvalue weighted by Crippen LogP contribution is -2.19. The van der Waals surface area contributed by atoms with Crippen molar-refractivity contribution in [3.05, 3.63) is 93.1 Å². The molecule has 6 rings (SSSR count). The minimum atomic E-state index is 0.852. The number of allylic oxidation sites excluding steroid dienone is 4. The Hall–Kier alpha value is -3.60. The van der Waals surface area contributed by atoms with Crippen LogP contribution in [-0.2, 0) is 12.8 Å². The van der Waals surface area contributed by atoms with E-state index in [2.05, 4.69) is 75.2 Å². The van der Waals surface area contributed by atoms with Crippen LogP contribution in [-0.4, -0.2) is 37.9 Å². The summed E-state index contributed by atoms with van der Waals surface area (Å²) >= 11 is 0. The largest absolute Gasteiger partial charge is 0.398 e. The molecule has 5 nitrogen and oxygen atoms in total. The molecule has 0 atom stereocenters. The predicted octanol–water partition coefficient (Wildman–Crippen LogP) is 2.81. The lowest BCUT2D eigenvalue weighted by Gasteiger charge is -2.06. The predicted molar refractivity (Wildman–Crippen MR) is 127 cm³/mol. The molecule has 4 N–H and O–H groups in total. The summed E-state index contributed by atoms with van der Waals surface area (Å²) in [6.45, 7) is 3.57. The highest BCUT2D eigenvalue weighted by Gasteiger charge is 2.20. The van der Waals surface area contributed by atoms with Gasteiger partial charge >= 0.3 is 0 Å². The first kappa shape index (κ1) is 18.2. The molecule has 31 heavy (non-hydrogen) atoms. The van der Waals surface area contributed by atoms with Crippen LogP contribution in [0.25, 0.3) is 11.8 Å². The summed E-state index contributed by atoms with van der Waals surface area (Å²) in [6.07, 6.45) is 8.52. The Kier molecular flexibility index (Phi) is 4.27. The van der Waals surface area contributed by atoms with Gasteiger partial charge in [0.05, 0.1) is 13.1 Å². The summed E-state index contributed by atoms with van der Waals surface area (Å²) < 4.78 is 0. The molecule has 0 fully saturated rings. The van der Waals surface area contributed by atoms with Gasteiger partial charge in [-0.15, -0.1) is 0 Å². The molecule has 0 amide bonds. The monoisotopic (exact) mass is 407 g/mol. The number of nitrogens with two attached hydrogens (primary N) is 1. The van der Waals surface area contributed by atoms with Crippen molar-refractivity contribution in [2.45, 2.75) is 12.8 Å². The SMILES string of the molecule is NC1=C(/C=C/C2=Cc3ccc(C4=NCCN4)cc3C2)Cc2cc(C3=NCCN3)ccc21. The number of nitrogens with one attached hydrogen (secondary N) is 2. The highest BCUT2D eigenvalue weighted by molar-refractivity contribution is 6.01. The van der Waals surface area contributed by atoms with Crippen LogP contribution in [0.2, 0.25) is 0 Å². The summed E-state index contributed by atoms with van der Waals surface area (Å²) in [5, 5.41) is 6.71. The molecule has 2 aliphatic heterocycles. The fourth-order valence-electron chi connectivity index (χ4n) is 4.79. The molecule has 154 valence electrons. The van der Waals surface area contributed by atoms with E-state index in [-0.39, 0.29) is 0 Å². The van der Waals surface area contributed by atoms with Crippen LogP contribution in [0, 0.1) is 0 Å². The van der Waals surface area contributed by atoms with Gasteiger partial charge < -0.3 is 16.4 Å². The van der Waals surface area contributed by atoms with E-state index < -0.39 is 0 Å². The number of nitrogens with zero attached hydrogens (tertiary/aromatic N) is 2. The van der Waals surface area contributed by atoms with Crippen LogP contribution >= 0.6 is 0 Å². The highest BCUT2D eigenvalue weighted by atomic mass is 15.1. The number of hydrogen-bond donors (Lipinski definition) is 3. The Morgan fingerprint density at radius 3 is 2.23 bits per heavy atom. The van der Waals surface area contributed by atoms with E-state index in [0.29, 0.717) is 0 Å². The van der Waals surface area contributed by atoms with Crippen molar-refractivity contribution in [3.63, 3.8) is 0 Å². The Morgan fingerprint density at radius 2 is 1.52 bits per heavy atom. The number of benzene rings is 2. The lowest BCUT2D eigenvalue weighted by molar-refractivity contribution is 0.960. The van der Waals surface area contributed by atoms with Gasteiger partial charge in [-0.1, -0.05) is 42.5 Å². The van der Waals surface area contributed by atoms with Crippen LogP contribution < -0.4 is 16.4 Å². The van der Waals surface area contributed by atoms with Crippen molar-refractivity contribution in [2.24, 2.45) is 15.7 Å². The number of amidine groups is 2. The van der Waals surface area contributed by atoms with Gasteiger partial charge in [-0.3, -0.25) is 9.98 Å². The zero-order valence-corrected chi connectivity index (χ0v) is 17.4. The fourth-order valence-corrected chi connectivity index (χ4v) is 4.79. The van der Waals surface area contributed by atoms with Crippen molar-refractivity contribution in [1.29, 1.82) is 0 Å². The highest BCUT2D eigenvalue weighted by Crippen LogP contribution is 2.33. The maximum atomic E-state index is 6.50. The van der Waals surface area contributed by atoms with Crippen molar-refractivity contribution >= 4 is 23.4 Å². The Morgan fingerprint density at radius 1 is 0.806 bits per heavy atom. The Bertz CT molecular complexity index is 1240.